The first-order valence-corrected chi connectivity index (χ1v) is 13.6. The number of rotatable bonds is 11. The van der Waals surface area contributed by atoms with E-state index in [1.54, 1.807) is 0 Å². The number of hydrogen-bond donors (Lipinski definition) is 0. The van der Waals surface area contributed by atoms with Gasteiger partial charge in [-0.05, 0) is 61.8 Å². The Morgan fingerprint density at radius 3 is 2.03 bits per heavy atom. The fraction of sp³-hybridized carbons (Fsp3) is 0.462. The molecular weight excluding hydrogens is 400 g/mol. The Morgan fingerprint density at radius 2 is 1.45 bits per heavy atom. The van der Waals surface area contributed by atoms with Crippen molar-refractivity contribution in [1.82, 2.24) is 9.80 Å². The molecule has 1 heterocycles. The van der Waals surface area contributed by atoms with Crippen LogP contribution in [0.15, 0.2) is 61.2 Å². The summed E-state index contributed by atoms with van der Waals surface area (Å²) in [5, 5.41) is 1.22. The van der Waals surface area contributed by atoms with Crippen LogP contribution in [0.5, 0.6) is 0 Å². The van der Waals surface area contributed by atoms with E-state index in [2.05, 4.69) is 85.8 Å². The Balaban J connectivity index is 1.72. The van der Waals surface area contributed by atoms with Crippen LogP contribution in [0.4, 0.5) is 0 Å². The molecule has 2 aromatic rings. The highest BCUT2D eigenvalue weighted by Gasteiger charge is 2.39. The van der Waals surface area contributed by atoms with E-state index in [9.17, 15) is 0 Å². The van der Waals surface area contributed by atoms with Crippen molar-refractivity contribution in [3.8, 4) is 0 Å². The van der Waals surface area contributed by atoms with Gasteiger partial charge in [-0.25, -0.2) is 0 Å². The van der Waals surface area contributed by atoms with Gasteiger partial charge in [0.2, 0.25) is 0 Å². The second kappa shape index (κ2) is 11.7. The first-order valence-electron chi connectivity index (χ1n) is 11.6. The van der Waals surface area contributed by atoms with E-state index in [1.165, 1.54) is 5.19 Å². The maximum atomic E-state index is 6.42. The molecule has 0 amide bonds. The molecule has 0 atom stereocenters. The molecule has 1 fully saturated rings. The molecule has 168 valence electrons. The second-order valence-corrected chi connectivity index (χ2v) is 11.4. The summed E-state index contributed by atoms with van der Waals surface area (Å²) in [4.78, 5) is 4.98. The van der Waals surface area contributed by atoms with Crippen molar-refractivity contribution in [3.05, 3.63) is 72.3 Å². The van der Waals surface area contributed by atoms with Crippen LogP contribution in [0.25, 0.3) is 5.57 Å². The maximum absolute atomic E-state index is 6.42. The van der Waals surface area contributed by atoms with Crippen LogP contribution in [-0.4, -0.2) is 71.3 Å². The van der Waals surface area contributed by atoms with Crippen LogP contribution in [-0.2, 0) is 8.85 Å². The van der Waals surface area contributed by atoms with Crippen LogP contribution >= 0.6 is 0 Å². The van der Waals surface area contributed by atoms with Gasteiger partial charge in [0.25, 0.3) is 0 Å². The van der Waals surface area contributed by atoms with Crippen molar-refractivity contribution in [2.45, 2.75) is 26.3 Å². The topological polar surface area (TPSA) is 24.9 Å². The van der Waals surface area contributed by atoms with Gasteiger partial charge >= 0.3 is 8.56 Å². The lowest BCUT2D eigenvalue weighted by Gasteiger charge is -2.34. The van der Waals surface area contributed by atoms with Crippen molar-refractivity contribution in [3.63, 3.8) is 0 Å². The predicted molar refractivity (Wildman–Crippen MR) is 133 cm³/mol. The van der Waals surface area contributed by atoms with Crippen LogP contribution in [0.2, 0.25) is 6.04 Å². The zero-order valence-electron chi connectivity index (χ0n) is 19.5. The van der Waals surface area contributed by atoms with Crippen LogP contribution in [0.3, 0.4) is 0 Å². The van der Waals surface area contributed by atoms with Crippen molar-refractivity contribution in [2.24, 2.45) is 0 Å². The number of likely N-dealkylation sites (N-methyl/N-ethyl adjacent to an activating group) is 1. The molecule has 0 spiro atoms. The van der Waals surface area contributed by atoms with Gasteiger partial charge in [0.05, 0.1) is 0 Å². The molecule has 1 aliphatic heterocycles. The summed E-state index contributed by atoms with van der Waals surface area (Å²) in [5.41, 5.74) is 3.34. The van der Waals surface area contributed by atoms with E-state index < -0.39 is 8.56 Å². The largest absolute Gasteiger partial charge is 0.391 e. The molecule has 0 aliphatic carbocycles. The van der Waals surface area contributed by atoms with Crippen molar-refractivity contribution < 1.29 is 8.85 Å². The number of benzene rings is 2. The molecule has 3 rings (SSSR count). The van der Waals surface area contributed by atoms with E-state index in [1.807, 2.05) is 6.07 Å². The van der Waals surface area contributed by atoms with Crippen LogP contribution < -0.4 is 5.19 Å². The Kier molecular flexibility index (Phi) is 9.05. The molecule has 1 saturated heterocycles. The third kappa shape index (κ3) is 6.37. The van der Waals surface area contributed by atoms with Gasteiger partial charge < -0.3 is 18.7 Å². The molecule has 5 heteroatoms. The minimum atomic E-state index is -2.47. The maximum Gasteiger partial charge on any atom is 0.372 e. The summed E-state index contributed by atoms with van der Waals surface area (Å²) in [7, 11) is -0.269. The van der Waals surface area contributed by atoms with Gasteiger partial charge in [-0.1, -0.05) is 61.2 Å². The first kappa shape index (κ1) is 23.9. The predicted octanol–water partition coefficient (Wildman–Crippen LogP) is 4.11. The molecule has 0 saturated carbocycles. The van der Waals surface area contributed by atoms with Gasteiger partial charge in [-0.15, -0.1) is 0 Å². The highest BCUT2D eigenvalue weighted by atomic mass is 28.4. The Labute approximate surface area is 189 Å². The van der Waals surface area contributed by atoms with E-state index in [4.69, 9.17) is 8.85 Å². The molecule has 31 heavy (non-hydrogen) atoms. The molecule has 4 nitrogen and oxygen atoms in total. The van der Waals surface area contributed by atoms with Gasteiger partial charge in [-0.2, -0.15) is 0 Å². The van der Waals surface area contributed by atoms with Gasteiger partial charge in [-0.3, -0.25) is 0 Å². The Hall–Kier alpha value is -1.76. The molecule has 2 aromatic carbocycles. The van der Waals surface area contributed by atoms with Crippen molar-refractivity contribution >= 4 is 19.3 Å². The normalized spacial score (nSPS) is 15.8. The summed E-state index contributed by atoms with van der Waals surface area (Å²) in [6, 6.07) is 20.1. The van der Waals surface area contributed by atoms with Gasteiger partial charge in [0.1, 0.15) is 0 Å². The highest BCUT2D eigenvalue weighted by molar-refractivity contribution is 6.81. The monoisotopic (exact) mass is 438 g/mol. The lowest BCUT2D eigenvalue weighted by Crippen LogP contribution is -2.54. The summed E-state index contributed by atoms with van der Waals surface area (Å²) < 4.78 is 12.8. The van der Waals surface area contributed by atoms with Gasteiger partial charge in [0, 0.05) is 39.4 Å². The van der Waals surface area contributed by atoms with E-state index >= 15 is 0 Å². The summed E-state index contributed by atoms with van der Waals surface area (Å²) in [6.45, 7) is 15.6. The third-order valence-electron chi connectivity index (χ3n) is 6.13. The first-order chi connectivity index (χ1) is 15.1. The van der Waals surface area contributed by atoms with E-state index in [0.717, 1.165) is 61.9 Å². The lowest BCUT2D eigenvalue weighted by atomic mass is 10.00. The van der Waals surface area contributed by atoms with Crippen LogP contribution in [0.1, 0.15) is 31.4 Å². The fourth-order valence-corrected chi connectivity index (χ4v) is 7.53. The Bertz CT molecular complexity index is 796. The SMILES string of the molecule is C=C(c1ccccc1)c1ccc([Si](CCCN2CCN(C)CC2)(OCC)OCC)cc1. The summed E-state index contributed by atoms with van der Waals surface area (Å²) in [5.74, 6) is 0. The zero-order valence-corrected chi connectivity index (χ0v) is 20.5. The Morgan fingerprint density at radius 1 is 0.871 bits per heavy atom. The molecule has 0 unspecified atom stereocenters. The smallest absolute Gasteiger partial charge is 0.372 e. The number of nitrogens with zero attached hydrogens (tertiary/aromatic N) is 2. The minimum absolute atomic E-state index is 0.680. The molecule has 1 aliphatic rings. The third-order valence-corrected chi connectivity index (χ3v) is 9.86. The average Bonchev–Trinajstić information content (AvgIpc) is 2.81. The molecule has 0 aromatic heterocycles. The average molecular weight is 439 g/mol. The standard InChI is InChI=1S/C26H38N2O2Si/c1-5-29-31(30-6-2,22-10-17-28-20-18-27(4)19-21-28)26-15-13-25(14-16-26)23(3)24-11-8-7-9-12-24/h7-9,11-16H,3,5-6,10,17-22H2,1-2,4H3. The molecule has 0 radical (unpaired) electrons. The molecule has 0 bridgehead atoms. The minimum Gasteiger partial charge on any atom is -0.391 e. The summed E-state index contributed by atoms with van der Waals surface area (Å²) in [6.07, 6.45) is 1.11. The number of piperazine rings is 1. The summed E-state index contributed by atoms with van der Waals surface area (Å²) >= 11 is 0. The van der Waals surface area contributed by atoms with E-state index in [0.29, 0.717) is 13.2 Å². The zero-order chi connectivity index (χ0) is 22.1. The van der Waals surface area contributed by atoms with Gasteiger partial charge in [0.15, 0.2) is 0 Å². The fourth-order valence-electron chi connectivity index (χ4n) is 4.30. The number of hydrogen-bond acceptors (Lipinski definition) is 4. The quantitative estimate of drug-likeness (QED) is 0.493. The lowest BCUT2D eigenvalue weighted by molar-refractivity contribution is 0.151. The highest BCUT2D eigenvalue weighted by Crippen LogP contribution is 2.23. The van der Waals surface area contributed by atoms with Crippen LogP contribution in [0, 0.1) is 0 Å². The van der Waals surface area contributed by atoms with E-state index in [-0.39, 0.29) is 0 Å². The molecule has 0 N–H and O–H groups in total. The van der Waals surface area contributed by atoms with Crippen molar-refractivity contribution in [2.75, 3.05) is 53.0 Å². The van der Waals surface area contributed by atoms with Crippen molar-refractivity contribution in [1.29, 1.82) is 0 Å². The second-order valence-electron chi connectivity index (χ2n) is 8.29. The molecular formula is C26H38N2O2Si.